The second-order valence-electron chi connectivity index (χ2n) is 6.24. The Balaban J connectivity index is 1.78. The summed E-state index contributed by atoms with van der Waals surface area (Å²) in [6.45, 7) is 3.92. The first-order valence-corrected chi connectivity index (χ1v) is 8.44. The number of aryl methyl sites for hydroxylation is 2. The molecule has 25 heavy (non-hydrogen) atoms. The highest BCUT2D eigenvalue weighted by molar-refractivity contribution is 6.34. The Morgan fingerprint density at radius 1 is 1.08 bits per heavy atom. The van der Waals surface area contributed by atoms with E-state index in [4.69, 9.17) is 0 Å². The minimum Gasteiger partial charge on any atom is -0.341 e. The van der Waals surface area contributed by atoms with E-state index in [1.165, 1.54) is 4.90 Å². The zero-order valence-corrected chi connectivity index (χ0v) is 14.2. The van der Waals surface area contributed by atoms with Gasteiger partial charge in [0.05, 0.1) is 28.0 Å². The number of benzene rings is 1. The number of pyridine rings is 1. The van der Waals surface area contributed by atoms with Gasteiger partial charge in [0.15, 0.2) is 5.65 Å². The number of carbonyl (C=O) groups is 2. The van der Waals surface area contributed by atoms with Gasteiger partial charge in [0.2, 0.25) is 0 Å². The van der Waals surface area contributed by atoms with Crippen molar-refractivity contribution < 1.29 is 9.59 Å². The minimum absolute atomic E-state index is 0.310. The van der Waals surface area contributed by atoms with Crippen LogP contribution in [-0.2, 0) is 6.42 Å². The molecule has 1 aliphatic rings. The van der Waals surface area contributed by atoms with Gasteiger partial charge in [-0.2, -0.15) is 0 Å². The molecular formula is C19H18N4O2. The second kappa shape index (κ2) is 5.81. The van der Waals surface area contributed by atoms with Gasteiger partial charge in [-0.3, -0.25) is 9.59 Å². The van der Waals surface area contributed by atoms with Crippen molar-refractivity contribution in [1.29, 1.82) is 0 Å². The predicted molar refractivity (Wildman–Crippen MR) is 94.8 cm³/mol. The quantitative estimate of drug-likeness (QED) is 0.742. The van der Waals surface area contributed by atoms with Crippen LogP contribution in [0.3, 0.4) is 0 Å². The normalized spacial score (nSPS) is 13.8. The number of aromatic nitrogens is 3. The maximum Gasteiger partial charge on any atom is 0.266 e. The number of imide groups is 1. The van der Waals surface area contributed by atoms with Crippen LogP contribution in [0.1, 0.15) is 52.0 Å². The first kappa shape index (κ1) is 15.5. The fourth-order valence-corrected chi connectivity index (χ4v) is 3.17. The summed E-state index contributed by atoms with van der Waals surface area (Å²) in [5.41, 5.74) is 3.33. The van der Waals surface area contributed by atoms with Crippen LogP contribution >= 0.6 is 0 Å². The van der Waals surface area contributed by atoms with Crippen LogP contribution in [0.25, 0.3) is 11.2 Å². The van der Waals surface area contributed by atoms with Crippen molar-refractivity contribution in [2.45, 2.75) is 33.1 Å². The van der Waals surface area contributed by atoms with Gasteiger partial charge in [0.25, 0.3) is 11.8 Å². The number of hydrogen-bond acceptors (Lipinski definition) is 4. The van der Waals surface area contributed by atoms with Crippen molar-refractivity contribution in [3.63, 3.8) is 0 Å². The number of amides is 2. The maximum atomic E-state index is 12.7. The summed E-state index contributed by atoms with van der Waals surface area (Å²) in [6, 6.07) is 8.67. The molecule has 1 aliphatic heterocycles. The van der Waals surface area contributed by atoms with E-state index in [0.29, 0.717) is 28.2 Å². The van der Waals surface area contributed by atoms with Gasteiger partial charge in [-0.25, -0.2) is 14.9 Å². The third kappa shape index (κ3) is 2.41. The number of fused-ring (bicyclic) bond motifs is 2. The molecule has 3 heterocycles. The summed E-state index contributed by atoms with van der Waals surface area (Å²) in [5.74, 6) is 0.259. The van der Waals surface area contributed by atoms with Gasteiger partial charge in [-0.1, -0.05) is 25.5 Å². The zero-order chi connectivity index (χ0) is 17.6. The highest BCUT2D eigenvalue weighted by Gasteiger charge is 2.37. The predicted octanol–water partition coefficient (Wildman–Crippen LogP) is 3.41. The van der Waals surface area contributed by atoms with Crippen LogP contribution < -0.4 is 4.90 Å². The number of hydrogen-bond donors (Lipinski definition) is 1. The second-order valence-corrected chi connectivity index (χ2v) is 6.24. The van der Waals surface area contributed by atoms with E-state index in [9.17, 15) is 9.59 Å². The molecule has 1 aromatic carbocycles. The first-order chi connectivity index (χ1) is 12.1. The fourth-order valence-electron chi connectivity index (χ4n) is 3.17. The van der Waals surface area contributed by atoms with E-state index in [-0.39, 0.29) is 11.8 Å². The van der Waals surface area contributed by atoms with Gasteiger partial charge < -0.3 is 4.98 Å². The summed E-state index contributed by atoms with van der Waals surface area (Å²) in [7, 11) is 0. The summed E-state index contributed by atoms with van der Waals surface area (Å²) in [6.07, 6.45) is 2.99. The zero-order valence-electron chi connectivity index (χ0n) is 14.2. The lowest BCUT2D eigenvalue weighted by Crippen LogP contribution is -2.30. The van der Waals surface area contributed by atoms with Gasteiger partial charge in [-0.15, -0.1) is 0 Å². The molecule has 0 saturated carbocycles. The average Bonchev–Trinajstić information content (AvgIpc) is 3.11. The molecule has 0 aliphatic carbocycles. The van der Waals surface area contributed by atoms with Gasteiger partial charge in [-0.05, 0) is 31.5 Å². The van der Waals surface area contributed by atoms with Crippen molar-refractivity contribution in [2.75, 3.05) is 4.90 Å². The van der Waals surface area contributed by atoms with Crippen LogP contribution in [0, 0.1) is 6.92 Å². The number of aromatic amines is 1. The lowest BCUT2D eigenvalue weighted by molar-refractivity contribution is 0.0926. The molecule has 1 N–H and O–H groups in total. The van der Waals surface area contributed by atoms with Gasteiger partial charge in [0, 0.05) is 6.42 Å². The molecule has 0 spiro atoms. The highest BCUT2D eigenvalue weighted by atomic mass is 16.2. The first-order valence-electron chi connectivity index (χ1n) is 8.44. The van der Waals surface area contributed by atoms with Crippen LogP contribution in [0.5, 0.6) is 0 Å². The van der Waals surface area contributed by atoms with E-state index < -0.39 is 0 Å². The Morgan fingerprint density at radius 3 is 2.40 bits per heavy atom. The van der Waals surface area contributed by atoms with E-state index in [2.05, 4.69) is 21.9 Å². The van der Waals surface area contributed by atoms with E-state index >= 15 is 0 Å². The van der Waals surface area contributed by atoms with E-state index in [0.717, 1.165) is 30.6 Å². The standard InChI is InChI=1S/C19H18N4O2/c1-3-4-9-16-21-14-10-15(11(2)20-17(14)22-16)23-18(24)12-7-5-6-8-13(12)19(23)25/h5-8,10H,3-4,9H2,1-2H3,(H,20,21,22). The average molecular weight is 334 g/mol. The Labute approximate surface area is 144 Å². The topological polar surface area (TPSA) is 79.0 Å². The fraction of sp³-hybridized carbons (Fsp3) is 0.263. The molecule has 2 amide bonds. The summed E-state index contributed by atoms with van der Waals surface area (Å²) in [5, 5.41) is 0. The number of unbranched alkanes of at least 4 members (excludes halogenated alkanes) is 1. The number of carbonyl (C=O) groups excluding carboxylic acids is 2. The summed E-state index contributed by atoms with van der Waals surface area (Å²) < 4.78 is 0. The Morgan fingerprint density at radius 2 is 1.76 bits per heavy atom. The number of H-pyrrole nitrogens is 1. The number of nitrogens with one attached hydrogen (secondary N) is 1. The number of nitrogens with zero attached hydrogens (tertiary/aromatic N) is 3. The molecule has 0 radical (unpaired) electrons. The van der Waals surface area contributed by atoms with Crippen molar-refractivity contribution in [3.05, 3.63) is 53.0 Å². The number of rotatable bonds is 4. The lowest BCUT2D eigenvalue weighted by Gasteiger charge is -2.15. The van der Waals surface area contributed by atoms with Crippen molar-refractivity contribution in [2.24, 2.45) is 0 Å². The van der Waals surface area contributed by atoms with Crippen LogP contribution in [0.15, 0.2) is 30.3 Å². The highest BCUT2D eigenvalue weighted by Crippen LogP contribution is 2.31. The molecule has 0 fully saturated rings. The van der Waals surface area contributed by atoms with Crippen molar-refractivity contribution >= 4 is 28.7 Å². The molecule has 0 unspecified atom stereocenters. The number of anilines is 1. The van der Waals surface area contributed by atoms with Crippen molar-refractivity contribution in [3.8, 4) is 0 Å². The molecule has 6 nitrogen and oxygen atoms in total. The lowest BCUT2D eigenvalue weighted by atomic mass is 10.1. The summed E-state index contributed by atoms with van der Waals surface area (Å²) in [4.78, 5) is 38.8. The Bertz CT molecular complexity index is 971. The Kier molecular flexibility index (Phi) is 3.60. The Hall–Kier alpha value is -3.02. The van der Waals surface area contributed by atoms with E-state index in [1.807, 2.05) is 0 Å². The molecule has 3 aromatic rings. The van der Waals surface area contributed by atoms with Crippen LogP contribution in [0.2, 0.25) is 0 Å². The van der Waals surface area contributed by atoms with Gasteiger partial charge in [0.1, 0.15) is 5.82 Å². The molecule has 126 valence electrons. The number of imidazole rings is 1. The van der Waals surface area contributed by atoms with Crippen molar-refractivity contribution in [1.82, 2.24) is 15.0 Å². The summed E-state index contributed by atoms with van der Waals surface area (Å²) >= 11 is 0. The third-order valence-corrected chi connectivity index (χ3v) is 4.49. The smallest absolute Gasteiger partial charge is 0.266 e. The SMILES string of the molecule is CCCCc1nc2nc(C)c(N3C(=O)c4ccccc4C3=O)cc2[nH]1. The molecule has 2 aromatic heterocycles. The monoisotopic (exact) mass is 334 g/mol. The van der Waals surface area contributed by atoms with Crippen LogP contribution in [0.4, 0.5) is 5.69 Å². The molecular weight excluding hydrogens is 316 g/mol. The molecule has 0 bridgehead atoms. The maximum absolute atomic E-state index is 12.7. The minimum atomic E-state index is -0.310. The van der Waals surface area contributed by atoms with E-state index in [1.54, 1.807) is 37.3 Å². The molecule has 4 rings (SSSR count). The third-order valence-electron chi connectivity index (χ3n) is 4.49. The molecule has 6 heteroatoms. The van der Waals surface area contributed by atoms with Crippen LogP contribution in [-0.4, -0.2) is 26.8 Å². The largest absolute Gasteiger partial charge is 0.341 e. The van der Waals surface area contributed by atoms with Gasteiger partial charge >= 0.3 is 0 Å². The molecule has 0 saturated heterocycles. The molecule has 0 atom stereocenters.